The minimum atomic E-state index is -0.925. The summed E-state index contributed by atoms with van der Waals surface area (Å²) in [6.07, 6.45) is 2.53. The van der Waals surface area contributed by atoms with Gasteiger partial charge in [0.05, 0.1) is 11.3 Å². The number of benzene rings is 1. The fourth-order valence-electron chi connectivity index (χ4n) is 1.96. The van der Waals surface area contributed by atoms with Crippen LogP contribution < -0.4 is 4.90 Å². The molecule has 1 N–H and O–H groups in total. The highest BCUT2D eigenvalue weighted by molar-refractivity contribution is 9.10. The number of carbonyl (C=O) groups is 1. The van der Waals surface area contributed by atoms with E-state index in [0.717, 1.165) is 16.6 Å². The Balaban J connectivity index is 2.13. The number of pyridine rings is 1. The lowest BCUT2D eigenvalue weighted by molar-refractivity contribution is 0.0697. The van der Waals surface area contributed by atoms with Crippen LogP contribution in [-0.2, 0) is 6.42 Å². The molecule has 104 valence electrons. The van der Waals surface area contributed by atoms with Crippen molar-refractivity contribution in [2.45, 2.75) is 6.42 Å². The van der Waals surface area contributed by atoms with E-state index in [1.54, 1.807) is 12.3 Å². The Labute approximate surface area is 126 Å². The molecule has 0 saturated carbocycles. The van der Waals surface area contributed by atoms with Crippen LogP contribution in [-0.4, -0.2) is 29.7 Å². The van der Waals surface area contributed by atoms with Gasteiger partial charge in [0, 0.05) is 36.4 Å². The third-order valence-electron chi connectivity index (χ3n) is 3.03. The Kier molecular flexibility index (Phi) is 4.74. The van der Waals surface area contributed by atoms with Crippen LogP contribution in [0.25, 0.3) is 0 Å². The maximum absolute atomic E-state index is 11.3. The first-order valence-electron chi connectivity index (χ1n) is 6.22. The summed E-state index contributed by atoms with van der Waals surface area (Å²) in [5.74, 6) is -0.925. The van der Waals surface area contributed by atoms with Crippen LogP contribution in [0.5, 0.6) is 0 Å². The number of aromatic carboxylic acids is 1. The van der Waals surface area contributed by atoms with Gasteiger partial charge in [0.2, 0.25) is 0 Å². The van der Waals surface area contributed by atoms with Gasteiger partial charge in [-0.15, -0.1) is 0 Å². The lowest BCUT2D eigenvalue weighted by Crippen LogP contribution is -2.23. The molecule has 0 spiro atoms. The highest BCUT2D eigenvalue weighted by Crippen LogP contribution is 2.24. The highest BCUT2D eigenvalue weighted by atomic mass is 79.9. The third kappa shape index (κ3) is 3.57. The molecule has 1 heterocycles. The summed E-state index contributed by atoms with van der Waals surface area (Å²) in [6.45, 7) is 0.707. The van der Waals surface area contributed by atoms with Crippen molar-refractivity contribution in [3.05, 3.63) is 58.3 Å². The lowest BCUT2D eigenvalue weighted by Gasteiger charge is -2.21. The van der Waals surface area contributed by atoms with Gasteiger partial charge < -0.3 is 10.0 Å². The van der Waals surface area contributed by atoms with E-state index in [0.29, 0.717) is 17.8 Å². The van der Waals surface area contributed by atoms with Gasteiger partial charge in [-0.05, 0) is 30.3 Å². The van der Waals surface area contributed by atoms with Crippen LogP contribution in [0.4, 0.5) is 5.69 Å². The minimum absolute atomic E-state index is 0.294. The Morgan fingerprint density at radius 2 is 2.15 bits per heavy atom. The summed E-state index contributed by atoms with van der Waals surface area (Å²) in [4.78, 5) is 17.5. The van der Waals surface area contributed by atoms with Crippen molar-refractivity contribution in [1.82, 2.24) is 4.98 Å². The fraction of sp³-hybridized carbons (Fsp3) is 0.200. The van der Waals surface area contributed by atoms with Gasteiger partial charge in [0.25, 0.3) is 0 Å². The van der Waals surface area contributed by atoms with Crippen LogP contribution in [0.3, 0.4) is 0 Å². The molecule has 0 bridgehead atoms. The monoisotopic (exact) mass is 334 g/mol. The second kappa shape index (κ2) is 6.52. The van der Waals surface area contributed by atoms with Crippen molar-refractivity contribution in [3.8, 4) is 0 Å². The summed E-state index contributed by atoms with van der Waals surface area (Å²) < 4.78 is 0.761. The minimum Gasteiger partial charge on any atom is -0.478 e. The number of nitrogens with zero attached hydrogens (tertiary/aromatic N) is 2. The van der Waals surface area contributed by atoms with Crippen molar-refractivity contribution >= 4 is 27.6 Å². The van der Waals surface area contributed by atoms with Gasteiger partial charge in [-0.1, -0.05) is 22.0 Å². The summed E-state index contributed by atoms with van der Waals surface area (Å²) in [5.41, 5.74) is 1.99. The van der Waals surface area contributed by atoms with E-state index in [2.05, 4.69) is 20.9 Å². The molecule has 2 aromatic rings. The smallest absolute Gasteiger partial charge is 0.337 e. The van der Waals surface area contributed by atoms with Gasteiger partial charge in [-0.2, -0.15) is 0 Å². The molecule has 20 heavy (non-hydrogen) atoms. The summed E-state index contributed by atoms with van der Waals surface area (Å²) in [6, 6.07) is 11.1. The van der Waals surface area contributed by atoms with Gasteiger partial charge in [-0.3, -0.25) is 4.98 Å². The Morgan fingerprint density at radius 1 is 1.35 bits per heavy atom. The van der Waals surface area contributed by atoms with E-state index in [1.807, 2.05) is 42.3 Å². The van der Waals surface area contributed by atoms with Crippen LogP contribution in [0.2, 0.25) is 0 Å². The molecule has 1 aromatic carbocycles. The number of hydrogen-bond acceptors (Lipinski definition) is 3. The second-order valence-corrected chi connectivity index (χ2v) is 5.37. The molecular formula is C15H15BrN2O2. The second-order valence-electron chi connectivity index (χ2n) is 4.46. The maximum Gasteiger partial charge on any atom is 0.337 e. The standard InChI is InChI=1S/C15H15BrN2O2/c1-18(9-7-12-4-2-3-8-17-12)14-6-5-11(16)10-13(14)15(19)20/h2-6,8,10H,7,9H2,1H3,(H,19,20). The lowest BCUT2D eigenvalue weighted by atomic mass is 10.1. The van der Waals surface area contributed by atoms with Gasteiger partial charge in [-0.25, -0.2) is 4.79 Å². The average Bonchev–Trinajstić information content (AvgIpc) is 2.45. The van der Waals surface area contributed by atoms with Crippen molar-refractivity contribution in [2.75, 3.05) is 18.5 Å². The average molecular weight is 335 g/mol. The van der Waals surface area contributed by atoms with Gasteiger partial charge in [0.1, 0.15) is 0 Å². The molecule has 0 fully saturated rings. The predicted molar refractivity (Wildman–Crippen MR) is 82.3 cm³/mol. The topological polar surface area (TPSA) is 53.4 Å². The van der Waals surface area contributed by atoms with Crippen molar-refractivity contribution in [3.63, 3.8) is 0 Å². The molecule has 0 aliphatic carbocycles. The number of halogens is 1. The first-order valence-corrected chi connectivity index (χ1v) is 7.01. The summed E-state index contributed by atoms with van der Waals surface area (Å²) in [7, 11) is 1.89. The van der Waals surface area contributed by atoms with Gasteiger partial charge >= 0.3 is 5.97 Å². The largest absolute Gasteiger partial charge is 0.478 e. The van der Waals surface area contributed by atoms with Crippen molar-refractivity contribution in [2.24, 2.45) is 0 Å². The fourth-order valence-corrected chi connectivity index (χ4v) is 2.32. The molecule has 4 nitrogen and oxygen atoms in total. The van der Waals surface area contributed by atoms with E-state index < -0.39 is 5.97 Å². The zero-order chi connectivity index (χ0) is 14.5. The van der Waals surface area contributed by atoms with E-state index >= 15 is 0 Å². The molecule has 2 rings (SSSR count). The van der Waals surface area contributed by atoms with E-state index in [1.165, 1.54) is 0 Å². The van der Waals surface area contributed by atoms with Crippen molar-refractivity contribution in [1.29, 1.82) is 0 Å². The number of carboxylic acid groups (broad SMARTS) is 1. The van der Waals surface area contributed by atoms with Crippen LogP contribution >= 0.6 is 15.9 Å². The van der Waals surface area contributed by atoms with E-state index in [9.17, 15) is 9.90 Å². The molecule has 0 saturated heterocycles. The number of carboxylic acids is 1. The predicted octanol–water partition coefficient (Wildman–Crippen LogP) is 3.22. The molecular weight excluding hydrogens is 320 g/mol. The Bertz CT molecular complexity index is 602. The normalized spacial score (nSPS) is 10.3. The SMILES string of the molecule is CN(CCc1ccccn1)c1ccc(Br)cc1C(=O)O. The Morgan fingerprint density at radius 3 is 2.80 bits per heavy atom. The summed E-state index contributed by atoms with van der Waals surface area (Å²) in [5, 5.41) is 9.26. The zero-order valence-electron chi connectivity index (χ0n) is 11.1. The molecule has 1 aromatic heterocycles. The Hall–Kier alpha value is -1.88. The quantitative estimate of drug-likeness (QED) is 0.912. The molecule has 5 heteroatoms. The van der Waals surface area contributed by atoms with E-state index in [4.69, 9.17) is 0 Å². The third-order valence-corrected chi connectivity index (χ3v) is 3.52. The first-order chi connectivity index (χ1) is 9.58. The van der Waals surface area contributed by atoms with Crippen molar-refractivity contribution < 1.29 is 9.90 Å². The zero-order valence-corrected chi connectivity index (χ0v) is 12.7. The number of likely N-dealkylation sites (N-methyl/N-ethyl adjacent to an activating group) is 1. The molecule has 0 unspecified atom stereocenters. The van der Waals surface area contributed by atoms with Crippen LogP contribution in [0.15, 0.2) is 47.1 Å². The number of aromatic nitrogens is 1. The highest BCUT2D eigenvalue weighted by Gasteiger charge is 2.14. The number of anilines is 1. The molecule has 0 amide bonds. The number of hydrogen-bond donors (Lipinski definition) is 1. The molecule has 0 radical (unpaired) electrons. The van der Waals surface area contributed by atoms with Gasteiger partial charge in [0.15, 0.2) is 0 Å². The molecule has 0 atom stereocenters. The van der Waals surface area contributed by atoms with E-state index in [-0.39, 0.29) is 0 Å². The number of rotatable bonds is 5. The molecule has 0 aliphatic rings. The summed E-state index contributed by atoms with van der Waals surface area (Å²) >= 11 is 3.30. The molecule has 0 aliphatic heterocycles. The maximum atomic E-state index is 11.3. The van der Waals surface area contributed by atoms with Crippen LogP contribution in [0, 0.1) is 0 Å². The van der Waals surface area contributed by atoms with Crippen LogP contribution in [0.1, 0.15) is 16.1 Å². The first kappa shape index (κ1) is 14.5.